The summed E-state index contributed by atoms with van der Waals surface area (Å²) in [5.41, 5.74) is 6.87. The zero-order chi connectivity index (χ0) is 21.1. The lowest BCUT2D eigenvalue weighted by Crippen LogP contribution is -2.43. The third kappa shape index (κ3) is 5.19. The molecule has 1 aromatic carbocycles. The molecule has 1 aromatic heterocycles. The van der Waals surface area contributed by atoms with E-state index in [1.165, 1.54) is 16.2 Å². The molecule has 0 spiro atoms. The van der Waals surface area contributed by atoms with Crippen molar-refractivity contribution in [3.8, 4) is 0 Å². The van der Waals surface area contributed by atoms with Crippen molar-refractivity contribution in [3.05, 3.63) is 51.9 Å². The van der Waals surface area contributed by atoms with Crippen molar-refractivity contribution in [2.45, 2.75) is 41.2 Å². The van der Waals surface area contributed by atoms with Crippen LogP contribution in [0.5, 0.6) is 0 Å². The molecule has 3 N–H and O–H groups in total. The van der Waals surface area contributed by atoms with Crippen molar-refractivity contribution >= 4 is 34.1 Å². The highest BCUT2D eigenvalue weighted by atomic mass is 32.1. The number of rotatable bonds is 6. The van der Waals surface area contributed by atoms with Gasteiger partial charge in [0.15, 0.2) is 0 Å². The van der Waals surface area contributed by atoms with Crippen LogP contribution in [0.25, 0.3) is 0 Å². The summed E-state index contributed by atoms with van der Waals surface area (Å²) in [5.74, 6) is -1.07. The van der Waals surface area contributed by atoms with Crippen LogP contribution in [0.3, 0.4) is 0 Å². The average Bonchev–Trinajstić information content (AvgIpc) is 2.87. The third-order valence-corrected chi connectivity index (χ3v) is 5.49. The quantitative estimate of drug-likeness (QED) is 0.776. The van der Waals surface area contributed by atoms with Crippen molar-refractivity contribution < 1.29 is 14.4 Å². The van der Waals surface area contributed by atoms with Gasteiger partial charge in [0.1, 0.15) is 11.5 Å². The van der Waals surface area contributed by atoms with E-state index in [-0.39, 0.29) is 18.4 Å². The van der Waals surface area contributed by atoms with Crippen molar-refractivity contribution in [2.75, 3.05) is 11.9 Å². The van der Waals surface area contributed by atoms with E-state index in [1.54, 1.807) is 6.92 Å². The molecule has 0 aliphatic rings. The number of hydrogen-bond donors (Lipinski definition) is 2. The fraction of sp³-hybridized carbons (Fsp3) is 0.381. The number of aryl methyl sites for hydroxylation is 1. The Bertz CT molecular complexity index is 882. The van der Waals surface area contributed by atoms with Crippen LogP contribution >= 0.6 is 11.3 Å². The van der Waals surface area contributed by atoms with Crippen molar-refractivity contribution in [2.24, 2.45) is 11.1 Å². The largest absolute Gasteiger partial charge is 0.365 e. The number of thiophene rings is 1. The first-order valence-electron chi connectivity index (χ1n) is 9.03. The highest BCUT2D eigenvalue weighted by Gasteiger charge is 2.29. The van der Waals surface area contributed by atoms with Gasteiger partial charge in [0.25, 0.3) is 5.91 Å². The Balaban J connectivity index is 2.22. The van der Waals surface area contributed by atoms with Gasteiger partial charge in [-0.15, -0.1) is 11.3 Å². The van der Waals surface area contributed by atoms with Crippen LogP contribution in [0, 0.1) is 19.3 Å². The molecular weight excluding hydrogens is 374 g/mol. The summed E-state index contributed by atoms with van der Waals surface area (Å²) in [7, 11) is 0. The first-order valence-corrected chi connectivity index (χ1v) is 9.85. The number of nitrogens with one attached hydrogen (secondary N) is 1. The van der Waals surface area contributed by atoms with Gasteiger partial charge in [-0.05, 0) is 25.0 Å². The number of carbonyl (C=O) groups is 3. The second-order valence-electron chi connectivity index (χ2n) is 7.80. The van der Waals surface area contributed by atoms with Gasteiger partial charge in [-0.1, -0.05) is 51.1 Å². The van der Waals surface area contributed by atoms with Gasteiger partial charge in [-0.3, -0.25) is 14.4 Å². The molecule has 0 radical (unpaired) electrons. The fourth-order valence-electron chi connectivity index (χ4n) is 2.83. The van der Waals surface area contributed by atoms with E-state index in [0.29, 0.717) is 17.1 Å². The Morgan fingerprint density at radius 2 is 1.71 bits per heavy atom. The molecule has 2 aromatic rings. The summed E-state index contributed by atoms with van der Waals surface area (Å²) in [6.45, 7) is 9.35. The maximum atomic E-state index is 12.9. The number of anilines is 1. The van der Waals surface area contributed by atoms with Gasteiger partial charge < -0.3 is 16.0 Å². The van der Waals surface area contributed by atoms with E-state index in [1.807, 2.05) is 58.0 Å². The van der Waals surface area contributed by atoms with Crippen molar-refractivity contribution in [1.82, 2.24) is 4.90 Å². The van der Waals surface area contributed by atoms with Gasteiger partial charge in [-0.25, -0.2) is 0 Å². The van der Waals surface area contributed by atoms with Crippen LogP contribution in [0.1, 0.15) is 47.1 Å². The fourth-order valence-corrected chi connectivity index (χ4v) is 3.91. The molecule has 0 aliphatic heterocycles. The lowest BCUT2D eigenvalue weighted by atomic mass is 9.94. The first kappa shape index (κ1) is 21.6. The number of amides is 3. The molecule has 0 bridgehead atoms. The zero-order valence-corrected chi connectivity index (χ0v) is 17.8. The Morgan fingerprint density at radius 3 is 2.25 bits per heavy atom. The Kier molecular flexibility index (Phi) is 6.61. The summed E-state index contributed by atoms with van der Waals surface area (Å²) in [4.78, 5) is 39.8. The second kappa shape index (κ2) is 8.56. The summed E-state index contributed by atoms with van der Waals surface area (Å²) < 4.78 is 0. The lowest BCUT2D eigenvalue weighted by molar-refractivity contribution is -0.142. The standard InChI is InChI=1S/C21H27N3O3S/c1-13-14(2)28-19(17(13)18(22)26)23-16(25)12-24(20(27)21(3,4)5)11-15-9-7-6-8-10-15/h6-10H,11-12H2,1-5H3,(H2,22,26)(H,23,25). The third-order valence-electron chi connectivity index (χ3n) is 4.36. The number of benzene rings is 1. The predicted molar refractivity (Wildman–Crippen MR) is 112 cm³/mol. The Morgan fingerprint density at radius 1 is 1.11 bits per heavy atom. The maximum Gasteiger partial charge on any atom is 0.251 e. The van der Waals surface area contributed by atoms with Crippen LogP contribution < -0.4 is 11.1 Å². The smallest absolute Gasteiger partial charge is 0.251 e. The van der Waals surface area contributed by atoms with Gasteiger partial charge in [0.2, 0.25) is 11.8 Å². The lowest BCUT2D eigenvalue weighted by Gasteiger charge is -2.29. The molecular formula is C21H27N3O3S. The van der Waals surface area contributed by atoms with Gasteiger partial charge in [-0.2, -0.15) is 0 Å². The van der Waals surface area contributed by atoms with Gasteiger partial charge in [0.05, 0.1) is 5.56 Å². The Labute approximate surface area is 169 Å². The van der Waals surface area contributed by atoms with E-state index in [2.05, 4.69) is 5.32 Å². The van der Waals surface area contributed by atoms with Crippen LogP contribution in [0.4, 0.5) is 5.00 Å². The topological polar surface area (TPSA) is 92.5 Å². The van der Waals surface area contributed by atoms with E-state index < -0.39 is 11.3 Å². The number of carbonyl (C=O) groups excluding carboxylic acids is 3. The van der Waals surface area contributed by atoms with Crippen LogP contribution in [0.15, 0.2) is 30.3 Å². The molecule has 3 amide bonds. The van der Waals surface area contributed by atoms with Gasteiger partial charge >= 0.3 is 0 Å². The summed E-state index contributed by atoms with van der Waals surface area (Å²) >= 11 is 1.31. The molecule has 0 saturated carbocycles. The second-order valence-corrected chi connectivity index (χ2v) is 9.02. The summed E-state index contributed by atoms with van der Waals surface area (Å²) in [6.07, 6.45) is 0. The summed E-state index contributed by atoms with van der Waals surface area (Å²) in [6, 6.07) is 9.52. The monoisotopic (exact) mass is 401 g/mol. The Hall–Kier alpha value is -2.67. The molecule has 7 heteroatoms. The number of nitrogens with zero attached hydrogens (tertiary/aromatic N) is 1. The molecule has 28 heavy (non-hydrogen) atoms. The molecule has 0 unspecified atom stereocenters. The molecule has 0 aliphatic carbocycles. The highest BCUT2D eigenvalue weighted by molar-refractivity contribution is 7.16. The number of hydrogen-bond acceptors (Lipinski definition) is 4. The van der Waals surface area contributed by atoms with Crippen molar-refractivity contribution in [1.29, 1.82) is 0 Å². The van der Waals surface area contributed by atoms with Crippen LogP contribution in [-0.2, 0) is 16.1 Å². The molecule has 1 heterocycles. The molecule has 150 valence electrons. The number of primary amides is 1. The molecule has 0 saturated heterocycles. The van der Waals surface area contributed by atoms with Crippen LogP contribution in [0.2, 0.25) is 0 Å². The molecule has 6 nitrogen and oxygen atoms in total. The minimum atomic E-state index is -0.621. The predicted octanol–water partition coefficient (Wildman–Crippen LogP) is 3.48. The molecule has 2 rings (SSSR count). The SMILES string of the molecule is Cc1sc(NC(=O)CN(Cc2ccccc2)C(=O)C(C)(C)C)c(C(N)=O)c1C. The highest BCUT2D eigenvalue weighted by Crippen LogP contribution is 2.32. The first-order chi connectivity index (χ1) is 13.0. The van der Waals surface area contributed by atoms with Crippen molar-refractivity contribution in [3.63, 3.8) is 0 Å². The summed E-state index contributed by atoms with van der Waals surface area (Å²) in [5, 5.41) is 3.19. The average molecular weight is 402 g/mol. The normalized spacial score (nSPS) is 11.2. The van der Waals surface area contributed by atoms with E-state index in [4.69, 9.17) is 5.73 Å². The molecule has 0 atom stereocenters. The van der Waals surface area contributed by atoms with Gasteiger partial charge in [0, 0.05) is 16.8 Å². The minimum Gasteiger partial charge on any atom is -0.365 e. The van der Waals surface area contributed by atoms with E-state index >= 15 is 0 Å². The zero-order valence-electron chi connectivity index (χ0n) is 17.0. The number of nitrogens with two attached hydrogens (primary N) is 1. The van der Waals surface area contributed by atoms with E-state index in [0.717, 1.165) is 16.0 Å². The minimum absolute atomic E-state index is 0.112. The van der Waals surface area contributed by atoms with E-state index in [9.17, 15) is 14.4 Å². The van der Waals surface area contributed by atoms with Crippen LogP contribution in [-0.4, -0.2) is 29.2 Å². The molecule has 0 fully saturated rings. The maximum absolute atomic E-state index is 12.9.